The molecule has 0 saturated carbocycles. The van der Waals surface area contributed by atoms with E-state index in [4.69, 9.17) is 10.5 Å². The lowest BCUT2D eigenvalue weighted by atomic mass is 10.1. The first-order chi connectivity index (χ1) is 9.72. The molecule has 0 amide bonds. The SMILES string of the molecule is CCCOCCCn1nnnc1-c1cc(F)ccc1N. The Kier molecular flexibility index (Phi) is 5.00. The van der Waals surface area contributed by atoms with Crippen LogP contribution in [0.3, 0.4) is 0 Å². The summed E-state index contributed by atoms with van der Waals surface area (Å²) in [5.74, 6) is 0.104. The second-order valence-corrected chi connectivity index (χ2v) is 4.42. The Bertz CT molecular complexity index is 557. The number of benzene rings is 1. The highest BCUT2D eigenvalue weighted by Gasteiger charge is 2.12. The monoisotopic (exact) mass is 279 g/mol. The van der Waals surface area contributed by atoms with Crippen LogP contribution in [0, 0.1) is 5.82 Å². The van der Waals surface area contributed by atoms with Gasteiger partial charge in [-0.25, -0.2) is 9.07 Å². The first-order valence-corrected chi connectivity index (χ1v) is 6.61. The van der Waals surface area contributed by atoms with E-state index in [0.717, 1.165) is 19.4 Å². The van der Waals surface area contributed by atoms with Gasteiger partial charge in [0.1, 0.15) is 5.82 Å². The maximum absolute atomic E-state index is 13.3. The molecule has 0 atom stereocenters. The molecule has 0 radical (unpaired) electrons. The third kappa shape index (κ3) is 3.51. The average Bonchev–Trinajstić information content (AvgIpc) is 2.89. The normalized spacial score (nSPS) is 10.9. The fourth-order valence-corrected chi connectivity index (χ4v) is 1.83. The van der Waals surface area contributed by atoms with Gasteiger partial charge in [-0.2, -0.15) is 0 Å². The summed E-state index contributed by atoms with van der Waals surface area (Å²) in [6, 6.07) is 4.16. The number of aryl methyl sites for hydroxylation is 1. The first kappa shape index (κ1) is 14.4. The van der Waals surface area contributed by atoms with Crippen molar-refractivity contribution in [1.82, 2.24) is 20.2 Å². The van der Waals surface area contributed by atoms with Gasteiger partial charge in [0, 0.05) is 31.0 Å². The summed E-state index contributed by atoms with van der Waals surface area (Å²) < 4.78 is 20.3. The molecular formula is C13H18FN5O. The molecule has 0 spiro atoms. The van der Waals surface area contributed by atoms with Crippen molar-refractivity contribution in [3.8, 4) is 11.4 Å². The first-order valence-electron chi connectivity index (χ1n) is 6.61. The van der Waals surface area contributed by atoms with Gasteiger partial charge in [-0.1, -0.05) is 6.92 Å². The van der Waals surface area contributed by atoms with E-state index in [2.05, 4.69) is 22.4 Å². The molecule has 0 aliphatic heterocycles. The van der Waals surface area contributed by atoms with Gasteiger partial charge in [-0.3, -0.25) is 0 Å². The lowest BCUT2D eigenvalue weighted by Gasteiger charge is -2.07. The molecule has 1 heterocycles. The molecule has 2 N–H and O–H groups in total. The summed E-state index contributed by atoms with van der Waals surface area (Å²) in [7, 11) is 0. The van der Waals surface area contributed by atoms with Gasteiger partial charge in [-0.15, -0.1) is 5.10 Å². The van der Waals surface area contributed by atoms with Crippen molar-refractivity contribution in [2.75, 3.05) is 18.9 Å². The Labute approximate surface area is 116 Å². The van der Waals surface area contributed by atoms with Crippen molar-refractivity contribution in [1.29, 1.82) is 0 Å². The van der Waals surface area contributed by atoms with E-state index in [1.165, 1.54) is 18.2 Å². The number of nitrogen functional groups attached to an aromatic ring is 1. The van der Waals surface area contributed by atoms with E-state index in [9.17, 15) is 4.39 Å². The van der Waals surface area contributed by atoms with Gasteiger partial charge in [-0.05, 0) is 41.5 Å². The quantitative estimate of drug-likeness (QED) is 0.618. The Morgan fingerprint density at radius 2 is 2.20 bits per heavy atom. The molecule has 20 heavy (non-hydrogen) atoms. The van der Waals surface area contributed by atoms with Crippen LogP contribution in [0.4, 0.5) is 10.1 Å². The zero-order valence-electron chi connectivity index (χ0n) is 11.4. The third-order valence-electron chi connectivity index (χ3n) is 2.80. The molecule has 0 fully saturated rings. The van der Waals surface area contributed by atoms with Crippen molar-refractivity contribution >= 4 is 5.69 Å². The smallest absolute Gasteiger partial charge is 0.184 e. The lowest BCUT2D eigenvalue weighted by molar-refractivity contribution is 0.128. The molecule has 108 valence electrons. The van der Waals surface area contributed by atoms with Crippen molar-refractivity contribution in [3.63, 3.8) is 0 Å². The number of halogens is 1. The molecule has 0 aliphatic rings. The molecule has 1 aromatic carbocycles. The van der Waals surface area contributed by atoms with Gasteiger partial charge >= 0.3 is 0 Å². The molecule has 0 bridgehead atoms. The summed E-state index contributed by atoms with van der Waals surface area (Å²) in [6.07, 6.45) is 1.78. The van der Waals surface area contributed by atoms with Crippen LogP contribution < -0.4 is 5.73 Å². The summed E-state index contributed by atoms with van der Waals surface area (Å²) in [5.41, 5.74) is 6.80. The molecule has 2 aromatic rings. The Morgan fingerprint density at radius 3 is 3.00 bits per heavy atom. The summed E-state index contributed by atoms with van der Waals surface area (Å²) in [4.78, 5) is 0. The van der Waals surface area contributed by atoms with E-state index in [-0.39, 0.29) is 5.82 Å². The average molecular weight is 279 g/mol. The van der Waals surface area contributed by atoms with Crippen molar-refractivity contribution in [2.24, 2.45) is 0 Å². The largest absolute Gasteiger partial charge is 0.398 e. The predicted molar refractivity (Wildman–Crippen MR) is 73.4 cm³/mol. The minimum atomic E-state index is -0.366. The summed E-state index contributed by atoms with van der Waals surface area (Å²) >= 11 is 0. The molecule has 0 aliphatic carbocycles. The van der Waals surface area contributed by atoms with Crippen LogP contribution >= 0.6 is 0 Å². The van der Waals surface area contributed by atoms with Crippen molar-refractivity contribution < 1.29 is 9.13 Å². The number of hydrogen-bond acceptors (Lipinski definition) is 5. The van der Waals surface area contributed by atoms with Gasteiger partial charge < -0.3 is 10.5 Å². The summed E-state index contributed by atoms with van der Waals surface area (Å²) in [6.45, 7) is 4.05. The summed E-state index contributed by atoms with van der Waals surface area (Å²) in [5, 5.41) is 11.4. The zero-order chi connectivity index (χ0) is 14.4. The highest BCUT2D eigenvalue weighted by atomic mass is 19.1. The van der Waals surface area contributed by atoms with Crippen LogP contribution in [0.1, 0.15) is 19.8 Å². The highest BCUT2D eigenvalue weighted by Crippen LogP contribution is 2.24. The van der Waals surface area contributed by atoms with E-state index in [1.807, 2.05) is 0 Å². The number of nitrogens with zero attached hydrogens (tertiary/aromatic N) is 4. The number of nitrogens with two attached hydrogens (primary N) is 1. The van der Waals surface area contributed by atoms with Gasteiger partial charge in [0.2, 0.25) is 0 Å². The van der Waals surface area contributed by atoms with Crippen LogP contribution in [0.2, 0.25) is 0 Å². The number of rotatable bonds is 7. The second-order valence-electron chi connectivity index (χ2n) is 4.42. The maximum atomic E-state index is 13.3. The Hall–Kier alpha value is -2.02. The Balaban J connectivity index is 2.06. The topological polar surface area (TPSA) is 78.8 Å². The van der Waals surface area contributed by atoms with Gasteiger partial charge in [0.25, 0.3) is 0 Å². The molecule has 0 saturated heterocycles. The van der Waals surface area contributed by atoms with Gasteiger partial charge in [0.05, 0.1) is 0 Å². The molecule has 0 unspecified atom stereocenters. The minimum Gasteiger partial charge on any atom is -0.398 e. The predicted octanol–water partition coefficient (Wildman–Crippen LogP) is 1.88. The van der Waals surface area contributed by atoms with Crippen LogP contribution in [0.15, 0.2) is 18.2 Å². The van der Waals surface area contributed by atoms with E-state index >= 15 is 0 Å². The van der Waals surface area contributed by atoms with E-state index < -0.39 is 0 Å². The van der Waals surface area contributed by atoms with Crippen LogP contribution in [0.5, 0.6) is 0 Å². The number of ether oxygens (including phenoxy) is 1. The minimum absolute atomic E-state index is 0.366. The van der Waals surface area contributed by atoms with E-state index in [1.54, 1.807) is 4.68 Å². The third-order valence-corrected chi connectivity index (χ3v) is 2.80. The number of aromatic nitrogens is 4. The molecule has 6 nitrogen and oxygen atoms in total. The lowest BCUT2D eigenvalue weighted by Crippen LogP contribution is -2.07. The van der Waals surface area contributed by atoms with Crippen molar-refractivity contribution in [2.45, 2.75) is 26.3 Å². The second kappa shape index (κ2) is 6.95. The standard InChI is InChI=1S/C13H18FN5O/c1-2-7-20-8-3-6-19-13(16-17-18-19)11-9-10(14)4-5-12(11)15/h4-5,9H,2-3,6-8,15H2,1H3. The van der Waals surface area contributed by atoms with Crippen molar-refractivity contribution in [3.05, 3.63) is 24.0 Å². The maximum Gasteiger partial charge on any atom is 0.184 e. The van der Waals surface area contributed by atoms with Crippen LogP contribution in [0.25, 0.3) is 11.4 Å². The van der Waals surface area contributed by atoms with Gasteiger partial charge in [0.15, 0.2) is 5.82 Å². The number of anilines is 1. The fraction of sp³-hybridized carbons (Fsp3) is 0.462. The van der Waals surface area contributed by atoms with E-state index in [0.29, 0.717) is 30.2 Å². The number of tetrazole rings is 1. The highest BCUT2D eigenvalue weighted by molar-refractivity contribution is 5.71. The Morgan fingerprint density at radius 1 is 1.35 bits per heavy atom. The fourth-order valence-electron chi connectivity index (χ4n) is 1.83. The molecular weight excluding hydrogens is 261 g/mol. The molecule has 1 aromatic heterocycles. The van der Waals surface area contributed by atoms with Crippen LogP contribution in [-0.4, -0.2) is 33.4 Å². The molecule has 2 rings (SSSR count). The number of hydrogen-bond donors (Lipinski definition) is 1. The molecule has 7 heteroatoms. The zero-order valence-corrected chi connectivity index (χ0v) is 11.4. The van der Waals surface area contributed by atoms with Crippen LogP contribution in [-0.2, 0) is 11.3 Å².